The third kappa shape index (κ3) is 8.92. The van der Waals surface area contributed by atoms with Crippen molar-refractivity contribution in [3.63, 3.8) is 0 Å². The fourth-order valence-electron chi connectivity index (χ4n) is 14.9. The molecule has 86 heavy (non-hydrogen) atoms. The highest BCUT2D eigenvalue weighted by Gasteiger charge is 2.48. The number of fused-ring (bicyclic) bond motifs is 7. The fourth-order valence-corrected chi connectivity index (χ4v) is 14.9. The largest absolute Gasteiger partial charge is 0.489 e. The maximum atomic E-state index is 6.67. The summed E-state index contributed by atoms with van der Waals surface area (Å²) in [4.78, 5) is 2.47. The molecule has 0 saturated heterocycles. The molecule has 0 radical (unpaired) electrons. The minimum absolute atomic E-state index is 0.428. The van der Waals surface area contributed by atoms with Crippen molar-refractivity contribution in [1.29, 1.82) is 0 Å². The molecule has 2 nitrogen and oxygen atoms in total. The standard InChI is InChI=1S/C84H69NO/c1-4-60(62-34-36-63(37-35-62)65-40-38-64-39-41-66(64)53-65)52-58(3)61-32-30-59(31-33-61)56-86-74-48-44-70(45-49-74)84(69-42-28-57(2)29-43-69)80-27-17-15-25-76(80)78-51-47-73(55-82(78)84)85(71-22-12-7-13-23-71)72-46-50-77-75-24-14-16-26-79(75)83(81(77)54-72,67-18-8-5-9-19-67)68-20-10-6-11-21-68/h5-38,40,42-51,53-55,58,60H,4,39,41,52,56H2,1-3H3. The molecule has 0 N–H and O–H groups in total. The first kappa shape index (κ1) is 53.0. The average molecular weight is 1110 g/mol. The van der Waals surface area contributed by atoms with Crippen LogP contribution in [0.1, 0.15) is 116 Å². The van der Waals surface area contributed by atoms with E-state index in [1.54, 1.807) is 0 Å². The molecule has 3 unspecified atom stereocenters. The van der Waals surface area contributed by atoms with Crippen molar-refractivity contribution in [3.8, 4) is 39.1 Å². The van der Waals surface area contributed by atoms with Crippen LogP contribution in [-0.2, 0) is 30.3 Å². The van der Waals surface area contributed by atoms with Gasteiger partial charge in [-0.05, 0) is 199 Å². The van der Waals surface area contributed by atoms with E-state index in [0.717, 1.165) is 41.2 Å². The summed E-state index contributed by atoms with van der Waals surface area (Å²) >= 11 is 0. The van der Waals surface area contributed by atoms with E-state index >= 15 is 0 Å². The van der Waals surface area contributed by atoms with E-state index in [1.165, 1.54) is 119 Å². The van der Waals surface area contributed by atoms with Gasteiger partial charge in [-0.1, -0.05) is 262 Å². The van der Waals surface area contributed by atoms with Gasteiger partial charge in [0.15, 0.2) is 0 Å². The molecule has 3 atom stereocenters. The monoisotopic (exact) mass is 1110 g/mol. The molecule has 0 saturated carbocycles. The van der Waals surface area contributed by atoms with Crippen molar-refractivity contribution in [1.82, 2.24) is 0 Å². The third-order valence-corrected chi connectivity index (χ3v) is 19.4. The summed E-state index contributed by atoms with van der Waals surface area (Å²) in [6.45, 7) is 7.38. The molecule has 12 aromatic carbocycles. The minimum atomic E-state index is -0.638. The van der Waals surface area contributed by atoms with Crippen molar-refractivity contribution in [2.75, 3.05) is 4.90 Å². The topological polar surface area (TPSA) is 12.5 Å². The van der Waals surface area contributed by atoms with Crippen LogP contribution in [0.5, 0.6) is 5.75 Å². The number of rotatable bonds is 16. The van der Waals surface area contributed by atoms with E-state index in [4.69, 9.17) is 4.74 Å². The number of hydrogen-bond acceptors (Lipinski definition) is 2. The SMILES string of the molecule is CCC(CC(C)c1ccc(COc2ccc(C3(c4ccc(C)cc4)c4ccccc4-c4ccc(N(c5ccccc5)c5ccc6c(c5)C(c5ccccc5)(c5ccccc5)c5ccccc5-6)cc43)cc2)cc1)c1ccc(-c2ccc3c(c2)CC3)cc1. The van der Waals surface area contributed by atoms with E-state index < -0.39 is 10.8 Å². The number of ether oxygens (including phenoxy) is 1. The number of para-hydroxylation sites is 1. The van der Waals surface area contributed by atoms with Crippen LogP contribution in [0.4, 0.5) is 17.1 Å². The summed E-state index contributed by atoms with van der Waals surface area (Å²) in [6.07, 6.45) is 4.66. The molecule has 2 heteroatoms. The number of anilines is 3. The predicted octanol–water partition coefficient (Wildman–Crippen LogP) is 21.2. The van der Waals surface area contributed by atoms with Crippen LogP contribution >= 0.6 is 0 Å². The van der Waals surface area contributed by atoms with Crippen LogP contribution in [0.3, 0.4) is 0 Å². The second-order valence-electron chi connectivity index (χ2n) is 24.2. The van der Waals surface area contributed by atoms with Gasteiger partial charge in [0.05, 0.1) is 10.8 Å². The lowest BCUT2D eigenvalue weighted by atomic mass is 9.67. The number of aryl methyl sites for hydroxylation is 3. The quantitative estimate of drug-likeness (QED) is 0.0956. The lowest BCUT2D eigenvalue weighted by Crippen LogP contribution is -2.29. The van der Waals surface area contributed by atoms with Crippen LogP contribution < -0.4 is 9.64 Å². The zero-order valence-electron chi connectivity index (χ0n) is 49.3. The van der Waals surface area contributed by atoms with Crippen molar-refractivity contribution in [2.24, 2.45) is 0 Å². The van der Waals surface area contributed by atoms with Gasteiger partial charge in [0.1, 0.15) is 12.4 Å². The van der Waals surface area contributed by atoms with E-state index in [2.05, 4.69) is 317 Å². The van der Waals surface area contributed by atoms with Crippen LogP contribution in [0.25, 0.3) is 33.4 Å². The van der Waals surface area contributed by atoms with E-state index in [1.807, 2.05) is 0 Å². The molecule has 0 bridgehead atoms. The van der Waals surface area contributed by atoms with E-state index in [0.29, 0.717) is 18.4 Å². The van der Waals surface area contributed by atoms with E-state index in [9.17, 15) is 0 Å². The van der Waals surface area contributed by atoms with Crippen molar-refractivity contribution < 1.29 is 4.74 Å². The zero-order valence-corrected chi connectivity index (χ0v) is 49.3. The zero-order chi connectivity index (χ0) is 57.8. The number of hydrogen-bond donors (Lipinski definition) is 0. The Bertz CT molecular complexity index is 4370. The normalized spacial score (nSPS) is 15.5. The van der Waals surface area contributed by atoms with Gasteiger partial charge in [0, 0.05) is 17.1 Å². The Morgan fingerprint density at radius 2 is 0.872 bits per heavy atom. The molecule has 416 valence electrons. The van der Waals surface area contributed by atoms with Gasteiger partial charge in [0.2, 0.25) is 0 Å². The Morgan fingerprint density at radius 3 is 1.41 bits per heavy atom. The molecule has 0 spiro atoms. The van der Waals surface area contributed by atoms with Gasteiger partial charge >= 0.3 is 0 Å². The fraction of sp³-hybridized carbons (Fsp3) is 0.143. The number of nitrogens with zero attached hydrogens (tertiary/aromatic N) is 1. The average Bonchev–Trinajstić information content (AvgIpc) is 1.62. The minimum Gasteiger partial charge on any atom is -0.489 e. The summed E-state index contributed by atoms with van der Waals surface area (Å²) in [5.74, 6) is 1.77. The Hall–Kier alpha value is -9.76. The summed E-state index contributed by atoms with van der Waals surface area (Å²) in [7, 11) is 0. The maximum Gasteiger partial charge on any atom is 0.119 e. The highest BCUT2D eigenvalue weighted by Crippen LogP contribution is 2.60. The molecule has 0 aromatic heterocycles. The molecular formula is C84H69NO. The number of benzene rings is 12. The van der Waals surface area contributed by atoms with E-state index in [-0.39, 0.29) is 0 Å². The Balaban J connectivity index is 0.755. The van der Waals surface area contributed by atoms with Gasteiger partial charge in [-0.2, -0.15) is 0 Å². The molecule has 0 amide bonds. The molecule has 0 heterocycles. The van der Waals surface area contributed by atoms with Gasteiger partial charge in [-0.15, -0.1) is 0 Å². The van der Waals surface area contributed by atoms with Gasteiger partial charge in [-0.3, -0.25) is 0 Å². The first-order valence-electron chi connectivity index (χ1n) is 30.9. The van der Waals surface area contributed by atoms with Crippen molar-refractivity contribution in [2.45, 2.75) is 75.7 Å². The molecule has 15 rings (SSSR count). The second-order valence-corrected chi connectivity index (χ2v) is 24.2. The lowest BCUT2D eigenvalue weighted by molar-refractivity contribution is 0.306. The molecule has 12 aromatic rings. The lowest BCUT2D eigenvalue weighted by Gasteiger charge is -2.36. The van der Waals surface area contributed by atoms with Crippen LogP contribution in [0.15, 0.2) is 291 Å². The summed E-state index contributed by atoms with van der Waals surface area (Å²) < 4.78 is 6.67. The van der Waals surface area contributed by atoms with Crippen molar-refractivity contribution >= 4 is 17.1 Å². The summed E-state index contributed by atoms with van der Waals surface area (Å²) in [5.41, 5.74) is 28.0. The van der Waals surface area contributed by atoms with Crippen LogP contribution in [-0.4, -0.2) is 0 Å². The second kappa shape index (κ2) is 22.0. The molecule has 3 aliphatic carbocycles. The summed E-state index contributed by atoms with van der Waals surface area (Å²) in [6, 6.07) is 109. The van der Waals surface area contributed by atoms with Crippen LogP contribution in [0, 0.1) is 6.92 Å². The molecule has 0 aliphatic heterocycles. The maximum absolute atomic E-state index is 6.67. The third-order valence-electron chi connectivity index (χ3n) is 19.4. The predicted molar refractivity (Wildman–Crippen MR) is 357 cm³/mol. The summed E-state index contributed by atoms with van der Waals surface area (Å²) in [5, 5.41) is 0. The highest BCUT2D eigenvalue weighted by molar-refractivity contribution is 5.92. The first-order chi connectivity index (χ1) is 42.4. The Morgan fingerprint density at radius 1 is 0.395 bits per heavy atom. The van der Waals surface area contributed by atoms with Gasteiger partial charge in [0.25, 0.3) is 0 Å². The van der Waals surface area contributed by atoms with Gasteiger partial charge < -0.3 is 9.64 Å². The molecule has 0 fully saturated rings. The molecule has 3 aliphatic rings. The van der Waals surface area contributed by atoms with Gasteiger partial charge in [-0.25, -0.2) is 0 Å². The highest BCUT2D eigenvalue weighted by atomic mass is 16.5. The first-order valence-corrected chi connectivity index (χ1v) is 30.9. The Kier molecular flexibility index (Phi) is 13.6. The van der Waals surface area contributed by atoms with Crippen molar-refractivity contribution in [3.05, 3.63) is 369 Å². The molecular weight excluding hydrogens is 1040 g/mol. The smallest absolute Gasteiger partial charge is 0.119 e. The van der Waals surface area contributed by atoms with Crippen LogP contribution in [0.2, 0.25) is 0 Å². The Labute approximate surface area is 507 Å².